The van der Waals surface area contributed by atoms with Gasteiger partial charge >= 0.3 is 6.18 Å². The van der Waals surface area contributed by atoms with Crippen LogP contribution in [0, 0.1) is 0 Å². The smallest absolute Gasteiger partial charge is 0.416 e. The van der Waals surface area contributed by atoms with Crippen LogP contribution in [0.5, 0.6) is 11.5 Å². The van der Waals surface area contributed by atoms with E-state index in [1.54, 1.807) is 0 Å². The molecule has 0 fully saturated rings. The predicted molar refractivity (Wildman–Crippen MR) is 57.7 cm³/mol. The summed E-state index contributed by atoms with van der Waals surface area (Å²) in [5, 5.41) is 9.31. The molecule has 1 heterocycles. The SMILES string of the molecule is CC(C)(CO)c1c(C(F)(F)F)ccc2c1OCO2. The molecule has 3 nitrogen and oxygen atoms in total. The van der Waals surface area contributed by atoms with Gasteiger partial charge in [-0.15, -0.1) is 0 Å². The standard InChI is InChI=1S/C12H13F3O3/c1-11(2,5-16)9-7(12(13,14)15)3-4-8-10(9)18-6-17-8/h3-4,16H,5-6H2,1-2H3. The number of alkyl halides is 3. The van der Waals surface area contributed by atoms with Gasteiger partial charge in [0.05, 0.1) is 12.2 Å². The molecule has 0 unspecified atom stereocenters. The molecule has 1 N–H and O–H groups in total. The van der Waals surface area contributed by atoms with Crippen molar-refractivity contribution >= 4 is 0 Å². The summed E-state index contributed by atoms with van der Waals surface area (Å²) < 4.78 is 49.2. The molecule has 0 saturated carbocycles. The molecule has 0 spiro atoms. The first kappa shape index (κ1) is 13.0. The van der Waals surface area contributed by atoms with Gasteiger partial charge in [0, 0.05) is 11.0 Å². The Bertz CT molecular complexity index is 466. The van der Waals surface area contributed by atoms with Gasteiger partial charge in [-0.05, 0) is 12.1 Å². The molecule has 1 aliphatic heterocycles. The Morgan fingerprint density at radius 1 is 1.22 bits per heavy atom. The minimum absolute atomic E-state index is 0.0625. The third-order valence-corrected chi connectivity index (χ3v) is 2.92. The van der Waals surface area contributed by atoms with Crippen LogP contribution in [-0.2, 0) is 11.6 Å². The first-order valence-electron chi connectivity index (χ1n) is 5.38. The van der Waals surface area contributed by atoms with Crippen LogP contribution in [-0.4, -0.2) is 18.5 Å². The third-order valence-electron chi connectivity index (χ3n) is 2.92. The summed E-state index contributed by atoms with van der Waals surface area (Å²) in [7, 11) is 0. The molecule has 1 aliphatic rings. The van der Waals surface area contributed by atoms with E-state index < -0.39 is 23.8 Å². The van der Waals surface area contributed by atoms with E-state index in [0.29, 0.717) is 0 Å². The van der Waals surface area contributed by atoms with Crippen molar-refractivity contribution < 1.29 is 27.8 Å². The average molecular weight is 262 g/mol. The van der Waals surface area contributed by atoms with E-state index in [9.17, 15) is 18.3 Å². The summed E-state index contributed by atoms with van der Waals surface area (Å²) in [5.74, 6) is 0.350. The van der Waals surface area contributed by atoms with E-state index in [0.717, 1.165) is 6.07 Å². The molecule has 6 heteroatoms. The Morgan fingerprint density at radius 2 is 1.89 bits per heavy atom. The topological polar surface area (TPSA) is 38.7 Å². The second kappa shape index (κ2) is 4.05. The summed E-state index contributed by atoms with van der Waals surface area (Å²) in [4.78, 5) is 0. The number of benzene rings is 1. The van der Waals surface area contributed by atoms with Gasteiger partial charge in [-0.1, -0.05) is 13.8 Å². The molecule has 0 saturated heterocycles. The van der Waals surface area contributed by atoms with Gasteiger partial charge in [-0.3, -0.25) is 0 Å². The number of fused-ring (bicyclic) bond motifs is 1. The number of hydrogen-bond acceptors (Lipinski definition) is 3. The molecule has 1 aromatic carbocycles. The van der Waals surface area contributed by atoms with Gasteiger partial charge in [0.25, 0.3) is 0 Å². The first-order chi connectivity index (χ1) is 8.27. The molecule has 2 rings (SSSR count). The van der Waals surface area contributed by atoms with Gasteiger partial charge in [0.15, 0.2) is 11.5 Å². The van der Waals surface area contributed by atoms with Crippen LogP contribution < -0.4 is 9.47 Å². The van der Waals surface area contributed by atoms with Crippen LogP contribution in [0.3, 0.4) is 0 Å². The second-order valence-corrected chi connectivity index (χ2v) is 4.76. The Morgan fingerprint density at radius 3 is 2.44 bits per heavy atom. The van der Waals surface area contributed by atoms with Gasteiger partial charge in [-0.25, -0.2) is 0 Å². The van der Waals surface area contributed by atoms with E-state index in [4.69, 9.17) is 9.47 Å². The number of aliphatic hydroxyl groups excluding tert-OH is 1. The van der Waals surface area contributed by atoms with Crippen molar-refractivity contribution in [2.24, 2.45) is 0 Å². The molecule has 0 bridgehead atoms. The lowest BCUT2D eigenvalue weighted by atomic mass is 9.81. The van der Waals surface area contributed by atoms with E-state index in [1.165, 1.54) is 19.9 Å². The lowest BCUT2D eigenvalue weighted by Crippen LogP contribution is -2.27. The minimum Gasteiger partial charge on any atom is -0.454 e. The zero-order valence-corrected chi connectivity index (χ0v) is 9.97. The van der Waals surface area contributed by atoms with Gasteiger partial charge in [0.2, 0.25) is 6.79 Å². The van der Waals surface area contributed by atoms with Crippen molar-refractivity contribution in [2.45, 2.75) is 25.4 Å². The molecule has 0 aromatic heterocycles. The normalized spacial score (nSPS) is 15.0. The van der Waals surface area contributed by atoms with Crippen LogP contribution in [0.25, 0.3) is 0 Å². The fourth-order valence-electron chi connectivity index (χ4n) is 1.96. The molecular formula is C12H13F3O3. The molecule has 18 heavy (non-hydrogen) atoms. The number of hydrogen-bond donors (Lipinski definition) is 1. The van der Waals surface area contributed by atoms with Crippen molar-refractivity contribution in [3.63, 3.8) is 0 Å². The zero-order valence-electron chi connectivity index (χ0n) is 9.97. The third kappa shape index (κ3) is 2.01. The van der Waals surface area contributed by atoms with E-state index >= 15 is 0 Å². The summed E-state index contributed by atoms with van der Waals surface area (Å²) in [6.45, 7) is 2.53. The van der Waals surface area contributed by atoms with Crippen LogP contribution in [0.15, 0.2) is 12.1 Å². The van der Waals surface area contributed by atoms with Crippen molar-refractivity contribution in [1.29, 1.82) is 0 Å². The molecule has 0 amide bonds. The fraction of sp³-hybridized carbons (Fsp3) is 0.500. The average Bonchev–Trinajstić information content (AvgIpc) is 2.73. The van der Waals surface area contributed by atoms with Crippen LogP contribution in [0.4, 0.5) is 13.2 Å². The van der Waals surface area contributed by atoms with Crippen LogP contribution >= 0.6 is 0 Å². The largest absolute Gasteiger partial charge is 0.454 e. The van der Waals surface area contributed by atoms with Crippen LogP contribution in [0.2, 0.25) is 0 Å². The summed E-state index contributed by atoms with van der Waals surface area (Å²) in [6, 6.07) is 2.20. The first-order valence-corrected chi connectivity index (χ1v) is 5.38. The second-order valence-electron chi connectivity index (χ2n) is 4.76. The van der Waals surface area contributed by atoms with Gasteiger partial charge in [0.1, 0.15) is 0 Å². The molecule has 0 aliphatic carbocycles. The molecular weight excluding hydrogens is 249 g/mol. The Kier molecular flexibility index (Phi) is 2.93. The Labute approximate surface area is 102 Å². The van der Waals surface area contributed by atoms with Crippen LogP contribution in [0.1, 0.15) is 25.0 Å². The number of halogens is 3. The highest BCUT2D eigenvalue weighted by Crippen LogP contribution is 2.47. The monoisotopic (exact) mass is 262 g/mol. The van der Waals surface area contributed by atoms with Crippen molar-refractivity contribution in [3.05, 3.63) is 23.3 Å². The summed E-state index contributed by atoms with van der Waals surface area (Å²) >= 11 is 0. The highest BCUT2D eigenvalue weighted by atomic mass is 19.4. The Hall–Kier alpha value is -1.43. The predicted octanol–water partition coefficient (Wildman–Crippen LogP) is 2.70. The maximum Gasteiger partial charge on any atom is 0.416 e. The zero-order chi connectivity index (χ0) is 13.6. The highest BCUT2D eigenvalue weighted by Gasteiger charge is 2.41. The van der Waals surface area contributed by atoms with E-state index in [2.05, 4.69) is 0 Å². The van der Waals surface area contributed by atoms with Gasteiger partial charge in [-0.2, -0.15) is 13.2 Å². The molecule has 0 atom stereocenters. The minimum atomic E-state index is -4.50. The number of aliphatic hydroxyl groups is 1. The van der Waals surface area contributed by atoms with Crippen molar-refractivity contribution in [2.75, 3.05) is 13.4 Å². The fourth-order valence-corrected chi connectivity index (χ4v) is 1.96. The summed E-state index contributed by atoms with van der Waals surface area (Å²) in [5.41, 5.74) is -1.93. The Balaban J connectivity index is 2.70. The van der Waals surface area contributed by atoms with Crippen molar-refractivity contribution in [3.8, 4) is 11.5 Å². The lowest BCUT2D eigenvalue weighted by molar-refractivity contribution is -0.139. The maximum atomic E-state index is 13.0. The number of rotatable bonds is 2. The molecule has 100 valence electrons. The summed E-state index contributed by atoms with van der Waals surface area (Å²) in [6.07, 6.45) is -4.50. The van der Waals surface area contributed by atoms with Gasteiger partial charge < -0.3 is 14.6 Å². The van der Waals surface area contributed by atoms with E-state index in [1.807, 2.05) is 0 Å². The van der Waals surface area contributed by atoms with Crippen molar-refractivity contribution in [1.82, 2.24) is 0 Å². The lowest BCUT2D eigenvalue weighted by Gasteiger charge is -2.27. The highest BCUT2D eigenvalue weighted by molar-refractivity contribution is 5.56. The molecule has 0 radical (unpaired) electrons. The number of ether oxygens (including phenoxy) is 2. The maximum absolute atomic E-state index is 13.0. The van der Waals surface area contributed by atoms with E-state index in [-0.39, 0.29) is 23.9 Å². The molecule has 1 aromatic rings. The quantitative estimate of drug-likeness (QED) is 0.890.